The maximum absolute atomic E-state index is 11.5. The molecule has 2 heterocycles. The first kappa shape index (κ1) is 14.9. The molecule has 0 fully saturated rings. The SMILES string of the molecule is Nc1nc(/C(=N/OCc2nc3ccccc3s2)C(=O)S)cs1. The van der Waals surface area contributed by atoms with Crippen LogP contribution >= 0.6 is 35.3 Å². The fourth-order valence-corrected chi connectivity index (χ4v) is 3.30. The molecule has 0 aliphatic rings. The lowest BCUT2D eigenvalue weighted by Crippen LogP contribution is -2.11. The van der Waals surface area contributed by atoms with Gasteiger partial charge >= 0.3 is 0 Å². The summed E-state index contributed by atoms with van der Waals surface area (Å²) in [6, 6.07) is 7.79. The summed E-state index contributed by atoms with van der Waals surface area (Å²) in [4.78, 5) is 25.1. The lowest BCUT2D eigenvalue weighted by Gasteiger charge is -1.99. The number of rotatable bonds is 5. The molecule has 6 nitrogen and oxygen atoms in total. The minimum Gasteiger partial charge on any atom is -0.388 e. The van der Waals surface area contributed by atoms with Crippen molar-refractivity contribution in [1.29, 1.82) is 0 Å². The Labute approximate surface area is 139 Å². The van der Waals surface area contributed by atoms with Crippen molar-refractivity contribution in [3.8, 4) is 0 Å². The number of nitrogens with zero attached hydrogens (tertiary/aromatic N) is 3. The number of aromatic nitrogens is 2. The number of hydrogen-bond acceptors (Lipinski definition) is 8. The van der Waals surface area contributed by atoms with Crippen LogP contribution in [0, 0.1) is 0 Å². The van der Waals surface area contributed by atoms with Gasteiger partial charge in [-0.2, -0.15) is 0 Å². The van der Waals surface area contributed by atoms with E-state index in [0.717, 1.165) is 15.2 Å². The molecule has 2 aromatic heterocycles. The minimum atomic E-state index is -0.533. The van der Waals surface area contributed by atoms with Gasteiger partial charge in [0.2, 0.25) is 5.12 Å². The Morgan fingerprint density at radius 1 is 1.36 bits per heavy atom. The molecule has 0 aliphatic carbocycles. The van der Waals surface area contributed by atoms with Crippen molar-refractivity contribution in [2.45, 2.75) is 6.61 Å². The highest BCUT2D eigenvalue weighted by Crippen LogP contribution is 2.22. The van der Waals surface area contributed by atoms with Crippen molar-refractivity contribution < 1.29 is 9.63 Å². The van der Waals surface area contributed by atoms with Crippen molar-refractivity contribution >= 4 is 61.5 Å². The third kappa shape index (κ3) is 3.26. The number of anilines is 1. The molecule has 1 aromatic carbocycles. The zero-order valence-electron chi connectivity index (χ0n) is 11.1. The van der Waals surface area contributed by atoms with Crippen LogP contribution in [0.3, 0.4) is 0 Å². The Kier molecular flexibility index (Phi) is 4.36. The predicted octanol–water partition coefficient (Wildman–Crippen LogP) is 2.71. The highest BCUT2D eigenvalue weighted by molar-refractivity contribution is 7.99. The quantitative estimate of drug-likeness (QED) is 0.419. The highest BCUT2D eigenvalue weighted by atomic mass is 32.1. The molecule has 9 heteroatoms. The topological polar surface area (TPSA) is 90.5 Å². The van der Waals surface area contributed by atoms with Crippen molar-refractivity contribution in [2.24, 2.45) is 5.16 Å². The molecule has 0 radical (unpaired) electrons. The molecule has 0 amide bonds. The minimum absolute atomic E-state index is 0.0254. The van der Waals surface area contributed by atoms with Crippen LogP contribution in [0.15, 0.2) is 34.8 Å². The van der Waals surface area contributed by atoms with Gasteiger partial charge in [0, 0.05) is 5.38 Å². The van der Waals surface area contributed by atoms with Gasteiger partial charge in [-0.25, -0.2) is 9.97 Å². The van der Waals surface area contributed by atoms with E-state index < -0.39 is 5.12 Å². The molecule has 0 unspecified atom stereocenters. The summed E-state index contributed by atoms with van der Waals surface area (Å²) >= 11 is 6.51. The van der Waals surface area contributed by atoms with Gasteiger partial charge in [0.15, 0.2) is 17.5 Å². The van der Waals surface area contributed by atoms with Crippen LogP contribution in [-0.2, 0) is 16.2 Å². The Morgan fingerprint density at radius 2 is 2.18 bits per heavy atom. The summed E-state index contributed by atoms with van der Waals surface area (Å²) in [5.74, 6) is 0. The van der Waals surface area contributed by atoms with E-state index in [1.54, 1.807) is 5.38 Å². The molecule has 0 atom stereocenters. The zero-order chi connectivity index (χ0) is 15.5. The van der Waals surface area contributed by atoms with Gasteiger partial charge in [-0.3, -0.25) is 4.79 Å². The summed E-state index contributed by atoms with van der Waals surface area (Å²) in [6.45, 7) is 0.170. The molecule has 3 aromatic rings. The zero-order valence-corrected chi connectivity index (χ0v) is 13.6. The van der Waals surface area contributed by atoms with E-state index in [2.05, 4.69) is 27.8 Å². The number of carbonyl (C=O) groups is 1. The van der Waals surface area contributed by atoms with Crippen LogP contribution < -0.4 is 5.73 Å². The normalized spacial score (nSPS) is 11.8. The van der Waals surface area contributed by atoms with E-state index in [1.807, 2.05) is 24.3 Å². The maximum atomic E-state index is 11.5. The second-order valence-corrected chi connectivity index (χ2v) is 6.58. The van der Waals surface area contributed by atoms with E-state index in [1.165, 1.54) is 22.7 Å². The molecular weight excluding hydrogens is 340 g/mol. The first-order chi connectivity index (χ1) is 10.6. The van der Waals surface area contributed by atoms with E-state index in [-0.39, 0.29) is 12.3 Å². The predicted molar refractivity (Wildman–Crippen MR) is 91.5 cm³/mol. The second-order valence-electron chi connectivity index (χ2n) is 4.16. The number of benzene rings is 1. The van der Waals surface area contributed by atoms with Crippen LogP contribution in [-0.4, -0.2) is 20.8 Å². The molecule has 0 saturated carbocycles. The summed E-state index contributed by atoms with van der Waals surface area (Å²) in [6.07, 6.45) is 0. The smallest absolute Gasteiger partial charge is 0.240 e. The van der Waals surface area contributed by atoms with Gasteiger partial charge < -0.3 is 10.6 Å². The van der Waals surface area contributed by atoms with Gasteiger partial charge in [0.05, 0.1) is 10.2 Å². The number of nitrogen functional groups attached to an aromatic ring is 1. The molecule has 3 rings (SSSR count). The lowest BCUT2D eigenvalue weighted by atomic mass is 10.3. The molecule has 2 N–H and O–H groups in total. The average molecular weight is 350 g/mol. The van der Waals surface area contributed by atoms with E-state index >= 15 is 0 Å². The van der Waals surface area contributed by atoms with Crippen LogP contribution in [0.25, 0.3) is 10.2 Å². The number of hydrogen-bond donors (Lipinski definition) is 2. The van der Waals surface area contributed by atoms with Crippen molar-refractivity contribution in [2.75, 3.05) is 5.73 Å². The number of carbonyl (C=O) groups excluding carboxylic acids is 1. The largest absolute Gasteiger partial charge is 0.388 e. The summed E-state index contributed by atoms with van der Waals surface area (Å²) in [5.41, 5.74) is 6.84. The van der Waals surface area contributed by atoms with Crippen LogP contribution in [0.4, 0.5) is 5.13 Å². The molecular formula is C13H10N4O2S3. The second kappa shape index (κ2) is 6.42. The number of para-hydroxylation sites is 1. The average Bonchev–Trinajstić information content (AvgIpc) is 3.08. The Hall–Kier alpha value is -1.97. The molecule has 112 valence electrons. The molecule has 0 aliphatic heterocycles. The fraction of sp³-hybridized carbons (Fsp3) is 0.0769. The number of thiazole rings is 2. The van der Waals surface area contributed by atoms with Gasteiger partial charge in [0.1, 0.15) is 10.7 Å². The van der Waals surface area contributed by atoms with Crippen LogP contribution in [0.1, 0.15) is 10.7 Å². The number of fused-ring (bicyclic) bond motifs is 1. The van der Waals surface area contributed by atoms with Crippen LogP contribution in [0.5, 0.6) is 0 Å². The standard InChI is InChI=1S/C13H10N4O2S3/c14-13-16-8(6-21-13)11(12(18)20)17-19-5-10-15-7-3-1-2-4-9(7)22-10/h1-4,6H,5H2,(H2,14,16)(H,18,20)/b17-11-. The van der Waals surface area contributed by atoms with Gasteiger partial charge in [0.25, 0.3) is 0 Å². The van der Waals surface area contributed by atoms with Crippen molar-refractivity contribution in [3.05, 3.63) is 40.3 Å². The third-order valence-corrected chi connectivity index (χ3v) is 4.54. The monoisotopic (exact) mass is 350 g/mol. The lowest BCUT2D eigenvalue weighted by molar-refractivity contribution is -0.105. The summed E-state index contributed by atoms with van der Waals surface area (Å²) in [5, 5.41) is 6.04. The van der Waals surface area contributed by atoms with Gasteiger partial charge in [-0.1, -0.05) is 29.9 Å². The molecule has 0 saturated heterocycles. The molecule has 22 heavy (non-hydrogen) atoms. The molecule has 0 bridgehead atoms. The number of nitrogens with two attached hydrogens (primary N) is 1. The third-order valence-electron chi connectivity index (χ3n) is 2.65. The van der Waals surface area contributed by atoms with Crippen molar-refractivity contribution in [1.82, 2.24) is 9.97 Å². The van der Waals surface area contributed by atoms with Gasteiger partial charge in [-0.05, 0) is 12.1 Å². The first-order valence-electron chi connectivity index (χ1n) is 6.12. The van der Waals surface area contributed by atoms with E-state index in [9.17, 15) is 4.79 Å². The Balaban J connectivity index is 1.75. The van der Waals surface area contributed by atoms with E-state index in [0.29, 0.717) is 10.8 Å². The molecule has 0 spiro atoms. The first-order valence-corrected chi connectivity index (χ1v) is 8.27. The maximum Gasteiger partial charge on any atom is 0.240 e. The highest BCUT2D eigenvalue weighted by Gasteiger charge is 2.15. The number of thiol groups is 1. The summed E-state index contributed by atoms with van der Waals surface area (Å²) < 4.78 is 1.07. The number of oxime groups is 1. The summed E-state index contributed by atoms with van der Waals surface area (Å²) in [7, 11) is 0. The van der Waals surface area contributed by atoms with Crippen LogP contribution in [0.2, 0.25) is 0 Å². The Bertz CT molecular complexity index is 823. The Morgan fingerprint density at radius 3 is 2.86 bits per heavy atom. The van der Waals surface area contributed by atoms with Gasteiger partial charge in [-0.15, -0.1) is 22.7 Å². The fourth-order valence-electron chi connectivity index (χ4n) is 1.73. The van der Waals surface area contributed by atoms with E-state index in [4.69, 9.17) is 10.6 Å². The van der Waals surface area contributed by atoms with Crippen molar-refractivity contribution in [3.63, 3.8) is 0 Å².